The molecule has 96 valence electrons. The zero-order chi connectivity index (χ0) is 13.3. The molecule has 0 aliphatic carbocycles. The number of nitrogens with two attached hydrogens (primary N) is 1. The number of aryl methyl sites for hydroxylation is 1. The van der Waals surface area contributed by atoms with Gasteiger partial charge >= 0.3 is 6.18 Å². The quantitative estimate of drug-likeness (QED) is 0.896. The first-order valence-corrected chi connectivity index (χ1v) is 5.34. The molecule has 3 nitrogen and oxygen atoms in total. The van der Waals surface area contributed by atoms with Crippen molar-refractivity contribution in [1.29, 1.82) is 0 Å². The maximum atomic E-state index is 13.0. The van der Waals surface area contributed by atoms with Gasteiger partial charge in [0.05, 0.1) is 16.9 Å². The molecular formula is C12H12F3N3. The van der Waals surface area contributed by atoms with E-state index in [2.05, 4.69) is 5.10 Å². The minimum absolute atomic E-state index is 0.00722. The van der Waals surface area contributed by atoms with Gasteiger partial charge in [0.1, 0.15) is 0 Å². The summed E-state index contributed by atoms with van der Waals surface area (Å²) in [6.45, 7) is 1.79. The van der Waals surface area contributed by atoms with Crippen molar-refractivity contribution in [1.82, 2.24) is 9.78 Å². The van der Waals surface area contributed by atoms with E-state index in [-0.39, 0.29) is 12.2 Å². The van der Waals surface area contributed by atoms with E-state index < -0.39 is 11.7 Å². The van der Waals surface area contributed by atoms with Crippen molar-refractivity contribution >= 4 is 0 Å². The van der Waals surface area contributed by atoms with Gasteiger partial charge in [0.15, 0.2) is 0 Å². The highest BCUT2D eigenvalue weighted by Gasteiger charge is 2.34. The highest BCUT2D eigenvalue weighted by atomic mass is 19.4. The third-order valence-corrected chi connectivity index (χ3v) is 2.57. The highest BCUT2D eigenvalue weighted by molar-refractivity contribution is 5.45. The van der Waals surface area contributed by atoms with Crippen LogP contribution in [0.25, 0.3) is 5.69 Å². The van der Waals surface area contributed by atoms with Crippen LogP contribution in [0.5, 0.6) is 0 Å². The maximum absolute atomic E-state index is 13.0. The Morgan fingerprint density at radius 2 is 2.00 bits per heavy atom. The molecule has 1 aromatic carbocycles. The Hall–Kier alpha value is -1.82. The molecule has 0 aliphatic heterocycles. The van der Waals surface area contributed by atoms with E-state index in [9.17, 15) is 13.2 Å². The van der Waals surface area contributed by atoms with E-state index >= 15 is 0 Å². The first-order chi connectivity index (χ1) is 8.41. The van der Waals surface area contributed by atoms with Crippen LogP contribution in [0, 0.1) is 6.92 Å². The molecule has 2 aromatic rings. The van der Waals surface area contributed by atoms with Crippen LogP contribution < -0.4 is 5.73 Å². The Morgan fingerprint density at radius 1 is 1.28 bits per heavy atom. The van der Waals surface area contributed by atoms with Crippen molar-refractivity contribution in [3.05, 3.63) is 47.3 Å². The number of hydrogen-bond donors (Lipinski definition) is 1. The van der Waals surface area contributed by atoms with Gasteiger partial charge in [-0.15, -0.1) is 0 Å². The summed E-state index contributed by atoms with van der Waals surface area (Å²) in [7, 11) is 0. The molecule has 0 atom stereocenters. The SMILES string of the molecule is Cc1ccn(-c2ccc(CN)cc2C(F)(F)F)n1. The summed E-state index contributed by atoms with van der Waals surface area (Å²) in [5, 5.41) is 4.00. The molecule has 0 bridgehead atoms. The number of hydrogen-bond acceptors (Lipinski definition) is 2. The van der Waals surface area contributed by atoms with E-state index in [0.29, 0.717) is 11.3 Å². The lowest BCUT2D eigenvalue weighted by Crippen LogP contribution is -2.12. The molecule has 0 fully saturated rings. The lowest BCUT2D eigenvalue weighted by Gasteiger charge is -2.14. The fourth-order valence-electron chi connectivity index (χ4n) is 1.69. The van der Waals surface area contributed by atoms with Gasteiger partial charge in [0.25, 0.3) is 0 Å². The summed E-state index contributed by atoms with van der Waals surface area (Å²) in [6.07, 6.45) is -2.93. The largest absolute Gasteiger partial charge is 0.418 e. The van der Waals surface area contributed by atoms with Crippen LogP contribution in [0.2, 0.25) is 0 Å². The highest BCUT2D eigenvalue weighted by Crippen LogP contribution is 2.34. The van der Waals surface area contributed by atoms with E-state index in [1.165, 1.54) is 16.9 Å². The second-order valence-electron chi connectivity index (χ2n) is 3.96. The number of rotatable bonds is 2. The van der Waals surface area contributed by atoms with Gasteiger partial charge in [-0.3, -0.25) is 0 Å². The smallest absolute Gasteiger partial charge is 0.326 e. The molecular weight excluding hydrogens is 243 g/mol. The second kappa shape index (κ2) is 4.45. The summed E-state index contributed by atoms with van der Waals surface area (Å²) < 4.78 is 40.1. The fraction of sp³-hybridized carbons (Fsp3) is 0.250. The van der Waals surface area contributed by atoms with Gasteiger partial charge in [0.2, 0.25) is 0 Å². The first kappa shape index (κ1) is 12.6. The van der Waals surface area contributed by atoms with Crippen molar-refractivity contribution in [3.63, 3.8) is 0 Å². The van der Waals surface area contributed by atoms with Crippen LogP contribution >= 0.6 is 0 Å². The van der Waals surface area contributed by atoms with Gasteiger partial charge in [-0.25, -0.2) is 4.68 Å². The van der Waals surface area contributed by atoms with Gasteiger partial charge in [-0.2, -0.15) is 18.3 Å². The Labute approximate surface area is 102 Å². The van der Waals surface area contributed by atoms with Crippen LogP contribution in [0.1, 0.15) is 16.8 Å². The molecule has 0 amide bonds. The zero-order valence-electron chi connectivity index (χ0n) is 9.70. The molecule has 1 heterocycles. The predicted octanol–water partition coefficient (Wildman–Crippen LogP) is 2.66. The second-order valence-corrected chi connectivity index (χ2v) is 3.96. The first-order valence-electron chi connectivity index (χ1n) is 5.34. The van der Waals surface area contributed by atoms with Crippen LogP contribution in [0.15, 0.2) is 30.5 Å². The van der Waals surface area contributed by atoms with Crippen LogP contribution in [-0.4, -0.2) is 9.78 Å². The normalized spacial score (nSPS) is 11.8. The van der Waals surface area contributed by atoms with Crippen LogP contribution in [0.4, 0.5) is 13.2 Å². The fourth-order valence-corrected chi connectivity index (χ4v) is 1.69. The van der Waals surface area contributed by atoms with Crippen LogP contribution in [-0.2, 0) is 12.7 Å². The topological polar surface area (TPSA) is 43.8 Å². The average molecular weight is 255 g/mol. The Morgan fingerprint density at radius 3 is 2.50 bits per heavy atom. The lowest BCUT2D eigenvalue weighted by molar-refractivity contribution is -0.137. The van der Waals surface area contributed by atoms with Gasteiger partial charge in [-0.05, 0) is 30.7 Å². The van der Waals surface area contributed by atoms with Crippen molar-refractivity contribution in [2.24, 2.45) is 5.73 Å². The Bertz CT molecular complexity index is 558. The molecule has 0 saturated carbocycles. The lowest BCUT2D eigenvalue weighted by atomic mass is 10.1. The van der Waals surface area contributed by atoms with E-state index in [1.807, 2.05) is 0 Å². The van der Waals surface area contributed by atoms with Gasteiger partial charge in [0, 0.05) is 12.7 Å². The minimum atomic E-state index is -4.43. The number of benzene rings is 1. The summed E-state index contributed by atoms with van der Waals surface area (Å²) in [4.78, 5) is 0. The van der Waals surface area contributed by atoms with Crippen molar-refractivity contribution in [2.45, 2.75) is 19.6 Å². The molecule has 0 radical (unpaired) electrons. The molecule has 2 rings (SSSR count). The summed E-state index contributed by atoms with van der Waals surface area (Å²) in [5.41, 5.74) is 5.74. The number of halogens is 3. The average Bonchev–Trinajstić information content (AvgIpc) is 2.74. The van der Waals surface area contributed by atoms with E-state index in [0.717, 1.165) is 6.07 Å². The minimum Gasteiger partial charge on any atom is -0.326 e. The summed E-state index contributed by atoms with van der Waals surface area (Å²) in [6, 6.07) is 5.67. The summed E-state index contributed by atoms with van der Waals surface area (Å²) in [5.74, 6) is 0. The third-order valence-electron chi connectivity index (χ3n) is 2.57. The molecule has 0 saturated heterocycles. The van der Waals surface area contributed by atoms with Gasteiger partial charge in [-0.1, -0.05) is 6.07 Å². The van der Waals surface area contributed by atoms with E-state index in [1.54, 1.807) is 19.1 Å². The molecule has 1 aromatic heterocycles. The Kier molecular flexibility index (Phi) is 3.13. The monoisotopic (exact) mass is 255 g/mol. The van der Waals surface area contributed by atoms with E-state index in [4.69, 9.17) is 5.73 Å². The molecule has 6 heteroatoms. The molecule has 0 spiro atoms. The molecule has 18 heavy (non-hydrogen) atoms. The Balaban J connectivity index is 2.60. The van der Waals surface area contributed by atoms with Crippen LogP contribution in [0.3, 0.4) is 0 Å². The number of aromatic nitrogens is 2. The van der Waals surface area contributed by atoms with Crippen molar-refractivity contribution < 1.29 is 13.2 Å². The predicted molar refractivity (Wildman–Crippen MR) is 61.2 cm³/mol. The van der Waals surface area contributed by atoms with Crippen molar-refractivity contribution in [3.8, 4) is 5.69 Å². The standard InChI is InChI=1S/C12H12F3N3/c1-8-4-5-18(17-8)11-3-2-9(7-16)6-10(11)12(13,14)15/h2-6H,7,16H2,1H3. The third kappa shape index (κ3) is 2.38. The maximum Gasteiger partial charge on any atom is 0.418 e. The molecule has 0 unspecified atom stereocenters. The number of nitrogens with zero attached hydrogens (tertiary/aromatic N) is 2. The summed E-state index contributed by atoms with van der Waals surface area (Å²) >= 11 is 0. The van der Waals surface area contributed by atoms with Crippen molar-refractivity contribution in [2.75, 3.05) is 0 Å². The van der Waals surface area contributed by atoms with Gasteiger partial charge < -0.3 is 5.73 Å². The molecule has 2 N–H and O–H groups in total. The number of alkyl halides is 3. The zero-order valence-corrected chi connectivity index (χ0v) is 9.70. The molecule has 0 aliphatic rings.